The first kappa shape index (κ1) is 12.0. The molecule has 3 nitrogen and oxygen atoms in total. The van der Waals surface area contributed by atoms with Crippen LogP contribution in [-0.4, -0.2) is 11.6 Å². The van der Waals surface area contributed by atoms with Gasteiger partial charge in [-0.3, -0.25) is 4.98 Å². The van der Waals surface area contributed by atoms with Crippen LogP contribution in [0.15, 0.2) is 30.5 Å². The number of fused-ring (bicyclic) bond motifs is 1. The van der Waals surface area contributed by atoms with E-state index in [1.165, 1.54) is 19.3 Å². The predicted molar refractivity (Wildman–Crippen MR) is 73.9 cm³/mol. The lowest BCUT2D eigenvalue weighted by Crippen LogP contribution is -2.14. The number of benzene rings is 1. The Morgan fingerprint density at radius 1 is 1.32 bits per heavy atom. The molecule has 0 unspecified atom stereocenters. The minimum absolute atomic E-state index is 0.521. The Morgan fingerprint density at radius 3 is 2.89 bits per heavy atom. The molecule has 1 saturated carbocycles. The van der Waals surface area contributed by atoms with Gasteiger partial charge in [-0.25, -0.2) is 0 Å². The highest BCUT2D eigenvalue weighted by Crippen LogP contribution is 2.31. The largest absolute Gasteiger partial charge is 0.491 e. The van der Waals surface area contributed by atoms with Crippen LogP contribution in [0.4, 0.5) is 0 Å². The fourth-order valence-corrected chi connectivity index (χ4v) is 2.46. The molecule has 2 aromatic rings. The van der Waals surface area contributed by atoms with Gasteiger partial charge in [0, 0.05) is 11.6 Å². The molecular weight excluding hydrogens is 236 g/mol. The first-order chi connectivity index (χ1) is 9.38. The van der Waals surface area contributed by atoms with Crippen molar-refractivity contribution >= 4 is 10.9 Å². The number of rotatable bonds is 4. The zero-order valence-electron chi connectivity index (χ0n) is 10.8. The van der Waals surface area contributed by atoms with Crippen molar-refractivity contribution in [2.75, 3.05) is 6.61 Å². The number of hydrogen-bond donors (Lipinski definition) is 0. The lowest BCUT2D eigenvalue weighted by atomic mass is 9.83. The molecule has 1 fully saturated rings. The molecule has 1 aliphatic carbocycles. The van der Waals surface area contributed by atoms with Crippen LogP contribution in [0.5, 0.6) is 5.75 Å². The van der Waals surface area contributed by atoms with Crippen LogP contribution >= 0.6 is 0 Å². The molecule has 0 amide bonds. The van der Waals surface area contributed by atoms with Gasteiger partial charge in [0.1, 0.15) is 17.4 Å². The predicted octanol–water partition coefficient (Wildman–Crippen LogP) is 3.68. The Hall–Kier alpha value is -2.08. The molecule has 0 radical (unpaired) electrons. The molecule has 0 spiro atoms. The summed E-state index contributed by atoms with van der Waals surface area (Å²) in [5.41, 5.74) is 1.40. The van der Waals surface area contributed by atoms with Gasteiger partial charge in [-0.15, -0.1) is 0 Å². The number of para-hydroxylation sites is 1. The van der Waals surface area contributed by atoms with E-state index in [-0.39, 0.29) is 0 Å². The van der Waals surface area contributed by atoms with Crippen molar-refractivity contribution in [2.24, 2.45) is 5.92 Å². The average Bonchev–Trinajstić information content (AvgIpc) is 2.41. The van der Waals surface area contributed by atoms with Crippen LogP contribution in [0.3, 0.4) is 0 Å². The normalized spacial score (nSPS) is 14.9. The maximum absolute atomic E-state index is 9.17. The topological polar surface area (TPSA) is 45.9 Å². The highest BCUT2D eigenvalue weighted by molar-refractivity contribution is 5.86. The summed E-state index contributed by atoms with van der Waals surface area (Å²) in [6, 6.07) is 9.96. The monoisotopic (exact) mass is 252 g/mol. The number of pyridine rings is 1. The third-order valence-corrected chi connectivity index (χ3v) is 3.84. The van der Waals surface area contributed by atoms with Crippen LogP contribution in [0.2, 0.25) is 0 Å². The number of aromatic nitrogens is 1. The van der Waals surface area contributed by atoms with Crippen LogP contribution in [-0.2, 0) is 0 Å². The van der Waals surface area contributed by atoms with Crippen molar-refractivity contribution in [1.82, 2.24) is 4.98 Å². The molecular formula is C16H16N2O. The standard InChI is InChI=1S/C16H16N2O/c17-10-13-11-18-15-7-2-1-6-14(15)16(13)19-9-8-12-4-3-5-12/h1-2,6-7,11-12H,3-5,8-9H2. The molecule has 0 aliphatic heterocycles. The minimum atomic E-state index is 0.521. The van der Waals surface area contributed by atoms with Crippen LogP contribution in [0.25, 0.3) is 10.9 Å². The van der Waals surface area contributed by atoms with E-state index in [0.29, 0.717) is 17.9 Å². The maximum atomic E-state index is 9.17. The lowest BCUT2D eigenvalue weighted by Gasteiger charge is -2.25. The molecule has 3 rings (SSSR count). The third kappa shape index (κ3) is 2.39. The molecule has 96 valence electrons. The Balaban J connectivity index is 1.84. The summed E-state index contributed by atoms with van der Waals surface area (Å²) in [5.74, 6) is 1.51. The summed E-state index contributed by atoms with van der Waals surface area (Å²) in [5, 5.41) is 10.1. The van der Waals surface area contributed by atoms with Gasteiger partial charge in [0.15, 0.2) is 0 Å². The van der Waals surface area contributed by atoms with Gasteiger partial charge in [0.2, 0.25) is 0 Å². The molecule has 0 atom stereocenters. The molecule has 1 aliphatic rings. The van der Waals surface area contributed by atoms with E-state index in [9.17, 15) is 5.26 Å². The maximum Gasteiger partial charge on any atom is 0.148 e. The highest BCUT2D eigenvalue weighted by atomic mass is 16.5. The van der Waals surface area contributed by atoms with Crippen molar-refractivity contribution in [3.8, 4) is 11.8 Å². The van der Waals surface area contributed by atoms with E-state index >= 15 is 0 Å². The Labute approximate surface area is 112 Å². The van der Waals surface area contributed by atoms with E-state index in [1.807, 2.05) is 24.3 Å². The first-order valence-corrected chi connectivity index (χ1v) is 6.79. The van der Waals surface area contributed by atoms with Gasteiger partial charge >= 0.3 is 0 Å². The zero-order valence-corrected chi connectivity index (χ0v) is 10.8. The molecule has 1 heterocycles. The molecule has 0 N–H and O–H groups in total. The van der Waals surface area contributed by atoms with E-state index in [4.69, 9.17) is 4.74 Å². The quantitative estimate of drug-likeness (QED) is 0.834. The van der Waals surface area contributed by atoms with E-state index in [1.54, 1.807) is 6.20 Å². The number of ether oxygens (including phenoxy) is 1. The van der Waals surface area contributed by atoms with E-state index in [0.717, 1.165) is 23.2 Å². The Bertz CT molecular complexity index is 626. The van der Waals surface area contributed by atoms with Crippen LogP contribution in [0.1, 0.15) is 31.2 Å². The van der Waals surface area contributed by atoms with E-state index < -0.39 is 0 Å². The third-order valence-electron chi connectivity index (χ3n) is 3.84. The second-order valence-corrected chi connectivity index (χ2v) is 5.06. The average molecular weight is 252 g/mol. The van der Waals surface area contributed by atoms with Crippen molar-refractivity contribution in [1.29, 1.82) is 5.26 Å². The van der Waals surface area contributed by atoms with Crippen molar-refractivity contribution < 1.29 is 4.74 Å². The molecule has 19 heavy (non-hydrogen) atoms. The van der Waals surface area contributed by atoms with Crippen LogP contribution in [0, 0.1) is 17.2 Å². The molecule has 1 aromatic carbocycles. The Kier molecular flexibility index (Phi) is 3.33. The second-order valence-electron chi connectivity index (χ2n) is 5.06. The van der Waals surface area contributed by atoms with Crippen molar-refractivity contribution in [3.63, 3.8) is 0 Å². The minimum Gasteiger partial charge on any atom is -0.491 e. The molecule has 3 heteroatoms. The fourth-order valence-electron chi connectivity index (χ4n) is 2.46. The molecule has 0 saturated heterocycles. The smallest absolute Gasteiger partial charge is 0.148 e. The Morgan fingerprint density at radius 2 is 2.16 bits per heavy atom. The fraction of sp³-hybridized carbons (Fsp3) is 0.375. The number of hydrogen-bond acceptors (Lipinski definition) is 3. The second kappa shape index (κ2) is 5.27. The van der Waals surface area contributed by atoms with Gasteiger partial charge in [-0.2, -0.15) is 5.26 Å². The highest BCUT2D eigenvalue weighted by Gasteiger charge is 2.17. The summed E-state index contributed by atoms with van der Waals surface area (Å²) in [6.45, 7) is 0.688. The summed E-state index contributed by atoms with van der Waals surface area (Å²) >= 11 is 0. The number of nitriles is 1. The van der Waals surface area contributed by atoms with Gasteiger partial charge in [-0.05, 0) is 24.5 Å². The zero-order chi connectivity index (χ0) is 13.1. The van der Waals surface area contributed by atoms with Gasteiger partial charge in [-0.1, -0.05) is 31.4 Å². The summed E-state index contributed by atoms with van der Waals surface area (Å²) in [6.07, 6.45) is 6.69. The van der Waals surface area contributed by atoms with Crippen LogP contribution < -0.4 is 4.74 Å². The molecule has 1 aromatic heterocycles. The van der Waals surface area contributed by atoms with Gasteiger partial charge in [0.25, 0.3) is 0 Å². The SMILES string of the molecule is N#Cc1cnc2ccccc2c1OCCC1CCC1. The van der Waals surface area contributed by atoms with Gasteiger partial charge in [0.05, 0.1) is 12.1 Å². The molecule has 0 bridgehead atoms. The summed E-state index contributed by atoms with van der Waals surface area (Å²) in [4.78, 5) is 4.28. The van der Waals surface area contributed by atoms with Crippen molar-refractivity contribution in [3.05, 3.63) is 36.0 Å². The first-order valence-electron chi connectivity index (χ1n) is 6.79. The summed E-state index contributed by atoms with van der Waals surface area (Å²) < 4.78 is 5.89. The number of nitrogens with zero attached hydrogens (tertiary/aromatic N) is 2. The van der Waals surface area contributed by atoms with E-state index in [2.05, 4.69) is 11.1 Å². The van der Waals surface area contributed by atoms with Crippen molar-refractivity contribution in [2.45, 2.75) is 25.7 Å². The summed E-state index contributed by atoms with van der Waals surface area (Å²) in [7, 11) is 0. The van der Waals surface area contributed by atoms with Gasteiger partial charge < -0.3 is 4.74 Å². The lowest BCUT2D eigenvalue weighted by molar-refractivity contribution is 0.223.